The largest absolute Gasteiger partial charge is 0.390 e. The Morgan fingerprint density at radius 1 is 1.07 bits per heavy atom. The number of nitrogens with one attached hydrogen (secondary N) is 1. The molecule has 1 atom stereocenters. The van der Waals surface area contributed by atoms with Crippen LogP contribution in [0.1, 0.15) is 12.0 Å². The number of hydrogen-bond donors (Lipinski definition) is 1. The van der Waals surface area contributed by atoms with Crippen LogP contribution in [-0.4, -0.2) is 45.5 Å². The third kappa shape index (κ3) is 5.68. The van der Waals surface area contributed by atoms with Gasteiger partial charge in [0.2, 0.25) is 20.0 Å². The number of rotatable bonds is 7. The normalized spacial score (nSPS) is 17.2. The Morgan fingerprint density at radius 2 is 1.70 bits per heavy atom. The highest BCUT2D eigenvalue weighted by Gasteiger charge is 2.39. The number of nitrogens with zero attached hydrogens (tertiary/aromatic N) is 1. The third-order valence-corrected chi connectivity index (χ3v) is 8.34. The first-order chi connectivity index (χ1) is 13.9. The van der Waals surface area contributed by atoms with E-state index in [9.17, 15) is 30.0 Å². The van der Waals surface area contributed by atoms with Crippen molar-refractivity contribution in [3.8, 4) is 0 Å². The summed E-state index contributed by atoms with van der Waals surface area (Å²) < 4.78 is 90.7. The van der Waals surface area contributed by atoms with Crippen LogP contribution < -0.4 is 4.72 Å². The average Bonchev–Trinajstić information content (AvgIpc) is 3.03. The third-order valence-electron chi connectivity index (χ3n) is 4.33. The summed E-state index contributed by atoms with van der Waals surface area (Å²) in [5, 5.41) is -0.705. The summed E-state index contributed by atoms with van der Waals surface area (Å²) in [4.78, 5) is 0.627. The highest BCUT2D eigenvalue weighted by Crippen LogP contribution is 2.41. The van der Waals surface area contributed by atoms with E-state index in [1.807, 2.05) is 6.07 Å². The lowest BCUT2D eigenvalue weighted by molar-refractivity contribution is -0.135. The zero-order valence-corrected chi connectivity index (χ0v) is 18.2. The second-order valence-electron chi connectivity index (χ2n) is 6.76. The van der Waals surface area contributed by atoms with Gasteiger partial charge in [0.05, 0.1) is 22.9 Å². The van der Waals surface area contributed by atoms with Crippen molar-refractivity contribution in [3.63, 3.8) is 0 Å². The SMILES string of the molecule is CS(=O)(=O)Nc1ccc(S(=O)(=O)N(CCC(F)(F)F)C2Cc3ccccc3S2)cc1. The molecule has 12 heteroatoms. The fraction of sp³-hybridized carbons (Fsp3) is 0.333. The Hall–Kier alpha value is -1.76. The van der Waals surface area contributed by atoms with Crippen LogP contribution in [0.3, 0.4) is 0 Å². The monoisotopic (exact) mass is 480 g/mol. The highest BCUT2D eigenvalue weighted by atomic mass is 32.2. The lowest BCUT2D eigenvalue weighted by Gasteiger charge is -2.28. The van der Waals surface area contributed by atoms with Gasteiger partial charge in [0.1, 0.15) is 0 Å². The smallest absolute Gasteiger partial charge is 0.284 e. The van der Waals surface area contributed by atoms with Crippen molar-refractivity contribution in [3.05, 3.63) is 54.1 Å². The van der Waals surface area contributed by atoms with Crippen molar-refractivity contribution in [1.29, 1.82) is 0 Å². The number of benzene rings is 2. The van der Waals surface area contributed by atoms with Gasteiger partial charge < -0.3 is 0 Å². The second-order valence-corrected chi connectivity index (χ2v) is 11.6. The van der Waals surface area contributed by atoms with Crippen molar-refractivity contribution in [2.45, 2.75) is 34.2 Å². The molecule has 1 N–H and O–H groups in total. The number of fused-ring (bicyclic) bond motifs is 1. The molecule has 0 saturated carbocycles. The van der Waals surface area contributed by atoms with E-state index in [4.69, 9.17) is 0 Å². The van der Waals surface area contributed by atoms with Gasteiger partial charge in [-0.25, -0.2) is 16.8 Å². The Morgan fingerprint density at radius 3 is 2.27 bits per heavy atom. The van der Waals surface area contributed by atoms with Crippen LogP contribution in [0.15, 0.2) is 58.3 Å². The zero-order chi connectivity index (χ0) is 22.2. The predicted octanol–water partition coefficient (Wildman–Crippen LogP) is 3.68. The van der Waals surface area contributed by atoms with Gasteiger partial charge in [0.15, 0.2) is 0 Å². The topological polar surface area (TPSA) is 83.5 Å². The van der Waals surface area contributed by atoms with Crippen molar-refractivity contribution in [1.82, 2.24) is 4.31 Å². The molecule has 0 bridgehead atoms. The Balaban J connectivity index is 1.90. The van der Waals surface area contributed by atoms with Gasteiger partial charge in [0.25, 0.3) is 0 Å². The standard InChI is InChI=1S/C18H19F3N2O4S3/c1-29(24,25)22-14-6-8-15(9-7-14)30(26,27)23(11-10-18(19,20)21)17-12-13-4-2-3-5-16(13)28-17/h2-9,17,22H,10-12H2,1H3. The van der Waals surface area contributed by atoms with Crippen LogP contribution in [0.5, 0.6) is 0 Å². The molecule has 2 aromatic carbocycles. The molecule has 0 fully saturated rings. The minimum absolute atomic E-state index is 0.154. The quantitative estimate of drug-likeness (QED) is 0.654. The second kappa shape index (κ2) is 8.40. The molecule has 0 amide bonds. The fourth-order valence-corrected chi connectivity index (χ4v) is 6.76. The lowest BCUT2D eigenvalue weighted by Crippen LogP contribution is -2.40. The Kier molecular flexibility index (Phi) is 6.42. The summed E-state index contributed by atoms with van der Waals surface area (Å²) in [7, 11) is -7.80. The van der Waals surface area contributed by atoms with Gasteiger partial charge in [0, 0.05) is 17.1 Å². The van der Waals surface area contributed by atoms with Crippen LogP contribution in [0.25, 0.3) is 0 Å². The molecule has 1 aliphatic heterocycles. The van der Waals surface area contributed by atoms with E-state index in [2.05, 4.69) is 4.72 Å². The van der Waals surface area contributed by atoms with E-state index >= 15 is 0 Å². The molecule has 0 aliphatic carbocycles. The molecule has 3 rings (SSSR count). The molecule has 1 aliphatic rings. The summed E-state index contributed by atoms with van der Waals surface area (Å²) in [6.45, 7) is -0.708. The first-order valence-electron chi connectivity index (χ1n) is 8.76. The molecule has 164 valence electrons. The van der Waals surface area contributed by atoms with Crippen molar-refractivity contribution >= 4 is 37.5 Å². The van der Waals surface area contributed by atoms with Crippen LogP contribution in [0.2, 0.25) is 0 Å². The first-order valence-corrected chi connectivity index (χ1v) is 13.0. The van der Waals surface area contributed by atoms with E-state index in [0.29, 0.717) is 6.42 Å². The molecule has 2 aromatic rings. The number of anilines is 1. The van der Waals surface area contributed by atoms with Gasteiger partial charge in [-0.05, 0) is 42.3 Å². The first kappa shape index (κ1) is 22.9. The van der Waals surface area contributed by atoms with E-state index in [1.54, 1.807) is 18.2 Å². The zero-order valence-electron chi connectivity index (χ0n) is 15.8. The number of halogens is 3. The molecule has 30 heavy (non-hydrogen) atoms. The number of sulfonamides is 2. The van der Waals surface area contributed by atoms with E-state index in [0.717, 1.165) is 21.0 Å². The molecule has 1 unspecified atom stereocenters. The number of thioether (sulfide) groups is 1. The summed E-state index contributed by atoms with van der Waals surface area (Å²) >= 11 is 1.22. The molecular formula is C18H19F3N2O4S3. The number of hydrogen-bond acceptors (Lipinski definition) is 5. The molecule has 0 radical (unpaired) electrons. The maximum absolute atomic E-state index is 13.2. The maximum Gasteiger partial charge on any atom is 0.390 e. The van der Waals surface area contributed by atoms with Crippen molar-refractivity contribution < 1.29 is 30.0 Å². The Bertz CT molecular complexity index is 1090. The summed E-state index contributed by atoms with van der Waals surface area (Å²) in [5.74, 6) is 0. The van der Waals surface area contributed by atoms with E-state index in [1.165, 1.54) is 36.0 Å². The molecule has 6 nitrogen and oxygen atoms in total. The van der Waals surface area contributed by atoms with Gasteiger partial charge in [-0.3, -0.25) is 4.72 Å². The van der Waals surface area contributed by atoms with Crippen LogP contribution >= 0.6 is 11.8 Å². The van der Waals surface area contributed by atoms with Crippen LogP contribution in [0.4, 0.5) is 18.9 Å². The minimum atomic E-state index is -4.51. The maximum atomic E-state index is 13.2. The number of alkyl halides is 3. The van der Waals surface area contributed by atoms with Gasteiger partial charge in [-0.15, -0.1) is 11.8 Å². The fourth-order valence-electron chi connectivity index (χ4n) is 3.02. The van der Waals surface area contributed by atoms with Gasteiger partial charge in [-0.1, -0.05) is 18.2 Å². The van der Waals surface area contributed by atoms with Crippen molar-refractivity contribution in [2.24, 2.45) is 0 Å². The van der Waals surface area contributed by atoms with Crippen molar-refractivity contribution in [2.75, 3.05) is 17.5 Å². The van der Waals surface area contributed by atoms with E-state index in [-0.39, 0.29) is 10.6 Å². The van der Waals surface area contributed by atoms with Gasteiger partial charge >= 0.3 is 6.18 Å². The molecule has 1 heterocycles. The van der Waals surface area contributed by atoms with E-state index < -0.39 is 44.6 Å². The summed E-state index contributed by atoms with van der Waals surface area (Å²) in [6.07, 6.45) is -4.53. The highest BCUT2D eigenvalue weighted by molar-refractivity contribution is 8.01. The Labute approximate surface area is 177 Å². The minimum Gasteiger partial charge on any atom is -0.284 e. The summed E-state index contributed by atoms with van der Waals surface area (Å²) in [6, 6.07) is 12.1. The average molecular weight is 481 g/mol. The molecule has 0 spiro atoms. The molecule has 0 saturated heterocycles. The van der Waals surface area contributed by atoms with Crippen LogP contribution in [0, 0.1) is 0 Å². The molecular weight excluding hydrogens is 461 g/mol. The van der Waals surface area contributed by atoms with Crippen LogP contribution in [-0.2, 0) is 26.5 Å². The lowest BCUT2D eigenvalue weighted by atomic mass is 10.1. The molecule has 0 aromatic heterocycles. The summed E-state index contributed by atoms with van der Waals surface area (Å²) in [5.41, 5.74) is 1.04. The predicted molar refractivity (Wildman–Crippen MR) is 109 cm³/mol. The van der Waals surface area contributed by atoms with Gasteiger partial charge in [-0.2, -0.15) is 17.5 Å².